The van der Waals surface area contributed by atoms with Gasteiger partial charge in [0, 0.05) is 11.9 Å². The van der Waals surface area contributed by atoms with Crippen LogP contribution in [0.1, 0.15) is 38.2 Å². The molecule has 0 radical (unpaired) electrons. The molecule has 0 unspecified atom stereocenters. The Hall–Kier alpha value is -1.69. The second-order valence-electron chi connectivity index (χ2n) is 4.91. The first-order chi connectivity index (χ1) is 9.13. The number of carbonyl (C=O) groups excluding carboxylic acids is 1. The predicted molar refractivity (Wildman–Crippen MR) is 73.3 cm³/mol. The van der Waals surface area contributed by atoms with Crippen LogP contribution in [0.15, 0.2) is 6.07 Å². The summed E-state index contributed by atoms with van der Waals surface area (Å²) in [6.07, 6.45) is 3.46. The molecule has 0 atom stereocenters. The molecule has 0 saturated carbocycles. The van der Waals surface area contributed by atoms with Crippen molar-refractivity contribution in [1.82, 2.24) is 20.1 Å². The Morgan fingerprint density at radius 3 is 3.05 bits per heavy atom. The lowest BCUT2D eigenvalue weighted by Gasteiger charge is -2.13. The number of hydrogen-bond acceptors (Lipinski definition) is 4. The van der Waals surface area contributed by atoms with Crippen LogP contribution in [-0.4, -0.2) is 33.0 Å². The van der Waals surface area contributed by atoms with Gasteiger partial charge in [-0.1, -0.05) is 0 Å². The monoisotopic (exact) mass is 276 g/mol. The van der Waals surface area contributed by atoms with Gasteiger partial charge in [0.1, 0.15) is 5.82 Å². The van der Waals surface area contributed by atoms with E-state index >= 15 is 0 Å². The Kier molecular flexibility index (Phi) is 3.10. The fourth-order valence-corrected chi connectivity index (χ4v) is 3.61. The van der Waals surface area contributed by atoms with Gasteiger partial charge in [0.25, 0.3) is 5.91 Å². The van der Waals surface area contributed by atoms with Crippen LogP contribution in [0.25, 0.3) is 0 Å². The van der Waals surface area contributed by atoms with E-state index in [2.05, 4.69) is 21.2 Å². The van der Waals surface area contributed by atoms with Crippen molar-refractivity contribution in [2.24, 2.45) is 0 Å². The van der Waals surface area contributed by atoms with Crippen LogP contribution in [0, 0.1) is 6.92 Å². The number of nitrogens with one attached hydrogen (secondary N) is 1. The van der Waals surface area contributed by atoms with E-state index in [1.165, 1.54) is 16.9 Å². The van der Waals surface area contributed by atoms with Crippen molar-refractivity contribution in [3.63, 3.8) is 0 Å². The quantitative estimate of drug-likeness (QED) is 0.932. The number of aromatic nitrogens is 3. The van der Waals surface area contributed by atoms with Crippen molar-refractivity contribution in [2.75, 3.05) is 7.05 Å². The summed E-state index contributed by atoms with van der Waals surface area (Å²) in [5.41, 5.74) is 1.36. The average molecular weight is 276 g/mol. The fraction of sp³-hybridized carbons (Fsp3) is 0.462. The number of fused-ring (bicyclic) bond motifs is 1. The van der Waals surface area contributed by atoms with Crippen LogP contribution < -0.4 is 0 Å². The van der Waals surface area contributed by atoms with Gasteiger partial charge in [0.05, 0.1) is 11.4 Å². The lowest BCUT2D eigenvalue weighted by atomic mass is 10.2. The average Bonchev–Trinajstić information content (AvgIpc) is 3.03. The van der Waals surface area contributed by atoms with E-state index in [0.29, 0.717) is 12.4 Å². The molecule has 1 amide bonds. The Morgan fingerprint density at radius 2 is 2.37 bits per heavy atom. The van der Waals surface area contributed by atoms with Gasteiger partial charge in [0.15, 0.2) is 5.82 Å². The fourth-order valence-electron chi connectivity index (χ4n) is 2.37. The van der Waals surface area contributed by atoms with Gasteiger partial charge in [-0.05, 0) is 37.8 Å². The molecule has 0 aliphatic heterocycles. The van der Waals surface area contributed by atoms with Crippen molar-refractivity contribution in [2.45, 2.75) is 32.7 Å². The van der Waals surface area contributed by atoms with Crippen LogP contribution in [-0.2, 0) is 19.4 Å². The Bertz CT molecular complexity index is 594. The van der Waals surface area contributed by atoms with Gasteiger partial charge >= 0.3 is 0 Å². The third-order valence-corrected chi connectivity index (χ3v) is 4.55. The van der Waals surface area contributed by atoms with E-state index in [4.69, 9.17) is 0 Å². The molecule has 3 rings (SSSR count). The van der Waals surface area contributed by atoms with E-state index in [-0.39, 0.29) is 5.91 Å². The lowest BCUT2D eigenvalue weighted by Crippen LogP contribution is -2.26. The summed E-state index contributed by atoms with van der Waals surface area (Å²) < 4.78 is 0. The molecular weight excluding hydrogens is 260 g/mol. The topological polar surface area (TPSA) is 61.9 Å². The molecule has 2 aromatic heterocycles. The number of rotatable bonds is 3. The molecule has 19 heavy (non-hydrogen) atoms. The van der Waals surface area contributed by atoms with Crippen molar-refractivity contribution in [3.05, 3.63) is 33.0 Å². The van der Waals surface area contributed by atoms with Gasteiger partial charge in [-0.2, -0.15) is 5.10 Å². The van der Waals surface area contributed by atoms with Gasteiger partial charge in [0.2, 0.25) is 0 Å². The Labute approximate surface area is 115 Å². The van der Waals surface area contributed by atoms with Gasteiger partial charge in [-0.15, -0.1) is 11.3 Å². The minimum Gasteiger partial charge on any atom is -0.333 e. The van der Waals surface area contributed by atoms with Crippen LogP contribution in [0.4, 0.5) is 0 Å². The Balaban J connectivity index is 1.72. The number of carbonyl (C=O) groups is 1. The highest BCUT2D eigenvalue weighted by Gasteiger charge is 2.21. The first kappa shape index (κ1) is 12.3. The second kappa shape index (κ2) is 4.77. The number of amides is 1. The second-order valence-corrected chi connectivity index (χ2v) is 6.05. The Morgan fingerprint density at radius 1 is 1.53 bits per heavy atom. The smallest absolute Gasteiger partial charge is 0.264 e. The zero-order chi connectivity index (χ0) is 13.4. The molecule has 0 aromatic carbocycles. The molecule has 1 N–H and O–H groups in total. The van der Waals surface area contributed by atoms with E-state index in [1.54, 1.807) is 23.3 Å². The molecule has 0 fully saturated rings. The molecule has 100 valence electrons. The minimum atomic E-state index is 0.0573. The molecule has 6 heteroatoms. The van der Waals surface area contributed by atoms with Gasteiger partial charge in [-0.3, -0.25) is 9.89 Å². The summed E-state index contributed by atoms with van der Waals surface area (Å²) in [6, 6.07) is 2.05. The van der Waals surface area contributed by atoms with Crippen LogP contribution in [0.3, 0.4) is 0 Å². The minimum absolute atomic E-state index is 0.0573. The number of H-pyrrole nitrogens is 1. The van der Waals surface area contributed by atoms with Crippen molar-refractivity contribution in [1.29, 1.82) is 0 Å². The van der Waals surface area contributed by atoms with Crippen molar-refractivity contribution >= 4 is 17.2 Å². The van der Waals surface area contributed by atoms with E-state index < -0.39 is 0 Å². The highest BCUT2D eigenvalue weighted by molar-refractivity contribution is 7.14. The maximum Gasteiger partial charge on any atom is 0.264 e. The maximum absolute atomic E-state index is 12.3. The largest absolute Gasteiger partial charge is 0.333 e. The van der Waals surface area contributed by atoms with Crippen molar-refractivity contribution < 1.29 is 4.79 Å². The molecular formula is C13H16N4OS. The molecule has 2 aromatic rings. The van der Waals surface area contributed by atoms with E-state index in [0.717, 1.165) is 23.5 Å². The predicted octanol–water partition coefficient (Wildman–Crippen LogP) is 1.94. The summed E-state index contributed by atoms with van der Waals surface area (Å²) >= 11 is 1.63. The first-order valence-electron chi connectivity index (χ1n) is 6.38. The molecule has 0 saturated heterocycles. The summed E-state index contributed by atoms with van der Waals surface area (Å²) in [5, 5.41) is 6.84. The summed E-state index contributed by atoms with van der Waals surface area (Å²) in [7, 11) is 1.79. The number of aromatic amines is 1. The summed E-state index contributed by atoms with van der Waals surface area (Å²) in [6.45, 7) is 2.29. The molecule has 1 aliphatic carbocycles. The lowest BCUT2D eigenvalue weighted by molar-refractivity contribution is 0.0786. The molecule has 1 aliphatic rings. The third kappa shape index (κ3) is 2.40. The van der Waals surface area contributed by atoms with Gasteiger partial charge < -0.3 is 4.90 Å². The first-order valence-corrected chi connectivity index (χ1v) is 7.20. The standard InChI is InChI=1S/C13H16N4OS/c1-8-14-12(16-15-8)7-17(2)13(18)11-6-9-4-3-5-10(9)19-11/h6H,3-5,7H2,1-2H3,(H,14,15,16). The molecule has 2 heterocycles. The maximum atomic E-state index is 12.3. The van der Waals surface area contributed by atoms with Crippen LogP contribution in [0.2, 0.25) is 0 Å². The number of nitrogens with zero attached hydrogens (tertiary/aromatic N) is 3. The highest BCUT2D eigenvalue weighted by atomic mass is 32.1. The normalized spacial score (nSPS) is 13.6. The van der Waals surface area contributed by atoms with Crippen LogP contribution >= 0.6 is 11.3 Å². The van der Waals surface area contributed by atoms with Crippen LogP contribution in [0.5, 0.6) is 0 Å². The number of thiophene rings is 1. The SMILES string of the molecule is Cc1nc(CN(C)C(=O)c2cc3c(s2)CCC3)n[nH]1. The van der Waals surface area contributed by atoms with Gasteiger partial charge in [-0.25, -0.2) is 4.98 Å². The zero-order valence-electron chi connectivity index (χ0n) is 11.1. The third-order valence-electron chi connectivity index (χ3n) is 3.33. The summed E-state index contributed by atoms with van der Waals surface area (Å²) in [4.78, 5) is 20.4. The van der Waals surface area contributed by atoms with Crippen molar-refractivity contribution in [3.8, 4) is 0 Å². The van der Waals surface area contributed by atoms with E-state index in [1.807, 2.05) is 6.92 Å². The zero-order valence-corrected chi connectivity index (χ0v) is 11.9. The molecule has 5 nitrogen and oxygen atoms in total. The summed E-state index contributed by atoms with van der Waals surface area (Å²) in [5.74, 6) is 1.48. The molecule has 0 spiro atoms. The van der Waals surface area contributed by atoms with E-state index in [9.17, 15) is 4.79 Å². The molecule has 0 bridgehead atoms. The number of hydrogen-bond donors (Lipinski definition) is 1. The highest BCUT2D eigenvalue weighted by Crippen LogP contribution is 2.31. The number of aryl methyl sites for hydroxylation is 3.